The van der Waals surface area contributed by atoms with Crippen molar-refractivity contribution in [3.63, 3.8) is 0 Å². The van der Waals surface area contributed by atoms with Gasteiger partial charge in [-0.05, 0) is 30.7 Å². The molecule has 1 aromatic rings. The maximum Gasteiger partial charge on any atom is 0.329 e. The monoisotopic (exact) mass is 340 g/mol. The number of hydrogen-bond acceptors (Lipinski definition) is 5. The molecule has 7 nitrogen and oxygen atoms in total. The van der Waals surface area contributed by atoms with E-state index in [0.717, 1.165) is 0 Å². The molecule has 1 heterocycles. The van der Waals surface area contributed by atoms with Gasteiger partial charge in [-0.2, -0.15) is 0 Å². The van der Waals surface area contributed by atoms with Crippen molar-refractivity contribution in [1.82, 2.24) is 10.6 Å². The van der Waals surface area contributed by atoms with E-state index in [-0.39, 0.29) is 25.7 Å². The normalized spacial score (nSPS) is 16.6. The number of benzene rings is 1. The number of ether oxygens (including phenoxy) is 2. The molecule has 0 spiro atoms. The number of hydrogen-bond donors (Lipinski definition) is 2. The Balaban J connectivity index is 1.57. The fourth-order valence-corrected chi connectivity index (χ4v) is 2.10. The fraction of sp³-hybridized carbons (Fsp3) is 0.400. The van der Waals surface area contributed by atoms with Crippen LogP contribution in [-0.4, -0.2) is 43.6 Å². The minimum atomic E-state index is -0.650. The van der Waals surface area contributed by atoms with Crippen LogP contribution in [0.1, 0.15) is 12.8 Å². The van der Waals surface area contributed by atoms with Crippen molar-refractivity contribution in [2.75, 3.05) is 19.8 Å². The predicted molar refractivity (Wildman–Crippen MR) is 82.1 cm³/mol. The lowest BCUT2D eigenvalue weighted by Gasteiger charge is -2.11. The van der Waals surface area contributed by atoms with E-state index in [1.807, 2.05) is 0 Å². The highest BCUT2D eigenvalue weighted by molar-refractivity contribution is 6.30. The molecule has 1 aliphatic rings. The minimum absolute atomic E-state index is 0.184. The Bertz CT molecular complexity index is 576. The number of carbonyl (C=O) groups is 3. The minimum Gasteiger partial charge on any atom is -0.492 e. The third-order valence-corrected chi connectivity index (χ3v) is 3.38. The zero-order valence-corrected chi connectivity index (χ0v) is 13.1. The molecular formula is C15H17ClN2O5. The largest absolute Gasteiger partial charge is 0.492 e. The van der Waals surface area contributed by atoms with E-state index in [4.69, 9.17) is 21.1 Å². The fourth-order valence-electron chi connectivity index (χ4n) is 1.97. The Morgan fingerprint density at radius 1 is 1.30 bits per heavy atom. The number of nitrogens with one attached hydrogen (secondary N) is 2. The van der Waals surface area contributed by atoms with E-state index >= 15 is 0 Å². The quantitative estimate of drug-likeness (QED) is 0.561. The number of amides is 2. The summed E-state index contributed by atoms with van der Waals surface area (Å²) in [5, 5.41) is 5.66. The van der Waals surface area contributed by atoms with Crippen molar-refractivity contribution in [2.24, 2.45) is 0 Å². The number of rotatable bonds is 7. The molecule has 1 saturated heterocycles. The summed E-state index contributed by atoms with van der Waals surface area (Å²) in [6.45, 7) is 0.172. The van der Waals surface area contributed by atoms with Crippen LogP contribution >= 0.6 is 11.6 Å². The smallest absolute Gasteiger partial charge is 0.329 e. The molecule has 124 valence electrons. The summed E-state index contributed by atoms with van der Waals surface area (Å²) < 4.78 is 10.2. The van der Waals surface area contributed by atoms with E-state index in [9.17, 15) is 14.4 Å². The van der Waals surface area contributed by atoms with Gasteiger partial charge in [0.2, 0.25) is 5.91 Å². The first-order valence-corrected chi connectivity index (χ1v) is 7.53. The van der Waals surface area contributed by atoms with Gasteiger partial charge in [-0.1, -0.05) is 11.6 Å². The van der Waals surface area contributed by atoms with Gasteiger partial charge in [-0.25, -0.2) is 4.79 Å². The molecule has 0 aliphatic carbocycles. The Labute approximate surface area is 138 Å². The highest BCUT2D eigenvalue weighted by Crippen LogP contribution is 2.15. The molecule has 1 atom stereocenters. The second-order valence-corrected chi connectivity index (χ2v) is 5.36. The van der Waals surface area contributed by atoms with Crippen molar-refractivity contribution >= 4 is 29.4 Å². The van der Waals surface area contributed by atoms with Crippen molar-refractivity contribution in [3.05, 3.63) is 29.3 Å². The Morgan fingerprint density at radius 2 is 2.04 bits per heavy atom. The third-order valence-electron chi connectivity index (χ3n) is 3.13. The third kappa shape index (κ3) is 5.78. The summed E-state index contributed by atoms with van der Waals surface area (Å²) in [6.07, 6.45) is 0.697. The van der Waals surface area contributed by atoms with Crippen LogP contribution in [0.2, 0.25) is 5.02 Å². The van der Waals surface area contributed by atoms with E-state index in [2.05, 4.69) is 10.6 Å². The van der Waals surface area contributed by atoms with Gasteiger partial charge in [0.1, 0.15) is 18.4 Å². The van der Waals surface area contributed by atoms with Crippen molar-refractivity contribution < 1.29 is 23.9 Å². The Kier molecular flexibility index (Phi) is 6.22. The molecule has 8 heteroatoms. The van der Waals surface area contributed by atoms with Crippen LogP contribution in [0.3, 0.4) is 0 Å². The summed E-state index contributed by atoms with van der Waals surface area (Å²) in [7, 11) is 0. The standard InChI is InChI=1S/C15H17ClN2O5/c16-10-1-3-11(4-2-10)22-8-7-17-14(20)9-23-15(21)12-5-6-13(19)18-12/h1-4,12H,5-9H2,(H,17,20)(H,18,19)/t12-/m0/s1. The molecule has 1 aliphatic heterocycles. The van der Waals surface area contributed by atoms with Crippen LogP contribution in [0.15, 0.2) is 24.3 Å². The summed E-state index contributed by atoms with van der Waals surface area (Å²) >= 11 is 5.75. The molecule has 2 N–H and O–H groups in total. The van der Waals surface area contributed by atoms with Gasteiger partial charge in [-0.15, -0.1) is 0 Å². The van der Waals surface area contributed by atoms with Crippen LogP contribution in [-0.2, 0) is 19.1 Å². The lowest BCUT2D eigenvalue weighted by Crippen LogP contribution is -2.37. The molecule has 2 amide bonds. The maximum atomic E-state index is 11.6. The van der Waals surface area contributed by atoms with E-state index < -0.39 is 17.9 Å². The van der Waals surface area contributed by atoms with Gasteiger partial charge >= 0.3 is 5.97 Å². The molecule has 2 rings (SSSR count). The van der Waals surface area contributed by atoms with E-state index in [0.29, 0.717) is 23.6 Å². The Morgan fingerprint density at radius 3 is 2.70 bits per heavy atom. The summed E-state index contributed by atoms with van der Waals surface area (Å²) in [6, 6.07) is 6.21. The average Bonchev–Trinajstić information content (AvgIpc) is 2.97. The van der Waals surface area contributed by atoms with E-state index in [1.54, 1.807) is 24.3 Å². The van der Waals surface area contributed by atoms with Gasteiger partial charge in [0.05, 0.1) is 6.54 Å². The van der Waals surface area contributed by atoms with Crippen LogP contribution in [0.5, 0.6) is 5.75 Å². The molecule has 0 unspecified atom stereocenters. The summed E-state index contributed by atoms with van der Waals surface area (Å²) in [5.74, 6) is -0.561. The summed E-state index contributed by atoms with van der Waals surface area (Å²) in [4.78, 5) is 34.1. The maximum absolute atomic E-state index is 11.6. The second kappa shape index (κ2) is 8.38. The number of esters is 1. The molecule has 0 bridgehead atoms. The summed E-state index contributed by atoms with van der Waals surface area (Å²) in [5.41, 5.74) is 0. The first kappa shape index (κ1) is 17.1. The molecular weight excluding hydrogens is 324 g/mol. The topological polar surface area (TPSA) is 93.7 Å². The van der Waals surface area contributed by atoms with Crippen molar-refractivity contribution in [2.45, 2.75) is 18.9 Å². The molecule has 0 radical (unpaired) electrons. The Hall–Kier alpha value is -2.28. The highest BCUT2D eigenvalue weighted by atomic mass is 35.5. The predicted octanol–water partition coefficient (Wildman–Crippen LogP) is 0.657. The van der Waals surface area contributed by atoms with Gasteiger partial charge in [0.25, 0.3) is 5.91 Å². The average molecular weight is 341 g/mol. The molecule has 0 saturated carbocycles. The lowest BCUT2D eigenvalue weighted by atomic mass is 10.2. The van der Waals surface area contributed by atoms with Crippen LogP contribution < -0.4 is 15.4 Å². The molecule has 23 heavy (non-hydrogen) atoms. The van der Waals surface area contributed by atoms with Gasteiger partial charge in [0, 0.05) is 11.4 Å². The number of carbonyl (C=O) groups excluding carboxylic acids is 3. The van der Waals surface area contributed by atoms with Crippen molar-refractivity contribution in [1.29, 1.82) is 0 Å². The van der Waals surface area contributed by atoms with Gasteiger partial charge < -0.3 is 20.1 Å². The second-order valence-electron chi connectivity index (χ2n) is 4.92. The first-order valence-electron chi connectivity index (χ1n) is 7.15. The zero-order valence-electron chi connectivity index (χ0n) is 12.3. The molecule has 0 aromatic heterocycles. The van der Waals surface area contributed by atoms with Gasteiger partial charge in [0.15, 0.2) is 6.61 Å². The highest BCUT2D eigenvalue weighted by Gasteiger charge is 2.28. The van der Waals surface area contributed by atoms with Crippen LogP contribution in [0, 0.1) is 0 Å². The van der Waals surface area contributed by atoms with E-state index in [1.165, 1.54) is 0 Å². The molecule has 1 fully saturated rings. The van der Waals surface area contributed by atoms with Crippen molar-refractivity contribution in [3.8, 4) is 5.75 Å². The number of halogens is 1. The van der Waals surface area contributed by atoms with Gasteiger partial charge in [-0.3, -0.25) is 9.59 Å². The zero-order chi connectivity index (χ0) is 16.7. The molecule has 1 aromatic carbocycles. The first-order chi connectivity index (χ1) is 11.0. The van der Waals surface area contributed by atoms with Crippen LogP contribution in [0.4, 0.5) is 0 Å². The SMILES string of the molecule is O=C(COC(=O)[C@@H]1CCC(=O)N1)NCCOc1ccc(Cl)cc1. The van der Waals surface area contributed by atoms with Crippen LogP contribution in [0.25, 0.3) is 0 Å². The lowest BCUT2D eigenvalue weighted by molar-refractivity contribution is -0.150.